The van der Waals surface area contributed by atoms with Gasteiger partial charge in [0.2, 0.25) is 17.7 Å². The molecule has 3 amide bonds. The fourth-order valence-corrected chi connectivity index (χ4v) is 6.65. The third-order valence-corrected chi connectivity index (χ3v) is 8.30. The van der Waals surface area contributed by atoms with Gasteiger partial charge in [-0.3, -0.25) is 24.1 Å². The van der Waals surface area contributed by atoms with E-state index >= 15 is 0 Å². The maximum Gasteiger partial charge on any atom is 0.250 e. The third kappa shape index (κ3) is 2.39. The molecule has 4 aliphatic heterocycles. The fourth-order valence-electron chi connectivity index (χ4n) is 6.49. The third-order valence-electron chi connectivity index (χ3n) is 7.89. The van der Waals surface area contributed by atoms with E-state index in [4.69, 9.17) is 11.6 Å². The number of halogens is 1. The highest BCUT2D eigenvalue weighted by atomic mass is 35.5. The number of hydrogen-bond donors (Lipinski definition) is 1. The number of nitrogens with one attached hydrogen (secondary N) is 1. The van der Waals surface area contributed by atoms with Gasteiger partial charge in [0.05, 0.1) is 23.2 Å². The van der Waals surface area contributed by atoms with Crippen LogP contribution in [0.25, 0.3) is 0 Å². The first-order chi connectivity index (χ1) is 15.8. The number of rotatable bonds is 2. The van der Waals surface area contributed by atoms with Crippen molar-refractivity contribution >= 4 is 46.5 Å². The topological polar surface area (TPSA) is 86.8 Å². The highest BCUT2D eigenvalue weighted by molar-refractivity contribution is 6.32. The van der Waals surface area contributed by atoms with E-state index in [0.29, 0.717) is 28.5 Å². The predicted octanol–water partition coefficient (Wildman–Crippen LogP) is 3.28. The quantitative estimate of drug-likeness (QED) is 0.545. The summed E-state index contributed by atoms with van der Waals surface area (Å²) in [5.74, 6) is -2.42. The van der Waals surface area contributed by atoms with Crippen molar-refractivity contribution < 1.29 is 19.2 Å². The van der Waals surface area contributed by atoms with Gasteiger partial charge in [-0.15, -0.1) is 0 Å². The molecule has 3 saturated heterocycles. The Kier molecular flexibility index (Phi) is 4.20. The molecule has 3 fully saturated rings. The first-order valence-corrected chi connectivity index (χ1v) is 11.5. The lowest BCUT2D eigenvalue weighted by Crippen LogP contribution is -2.54. The average Bonchev–Trinajstić information content (AvgIpc) is 3.50. The lowest BCUT2D eigenvalue weighted by Gasteiger charge is -2.36. The summed E-state index contributed by atoms with van der Waals surface area (Å²) in [6.07, 6.45) is 1.62. The number of Topliss-reactive ketones (excluding diaryl/α,β-unsaturated/α-hetero) is 1. The molecule has 4 aliphatic rings. The molecular weight excluding hydrogens is 442 g/mol. The van der Waals surface area contributed by atoms with Crippen molar-refractivity contribution in [3.05, 3.63) is 58.1 Å². The number of nitrogens with zero attached hydrogens (tertiary/aromatic N) is 2. The van der Waals surface area contributed by atoms with Gasteiger partial charge in [-0.05, 0) is 69.1 Å². The molecule has 1 spiro atoms. The molecule has 1 N–H and O–H groups in total. The summed E-state index contributed by atoms with van der Waals surface area (Å²) in [5.41, 5.74) is 1.83. The van der Waals surface area contributed by atoms with Crippen molar-refractivity contribution in [3.63, 3.8) is 0 Å². The van der Waals surface area contributed by atoms with Crippen LogP contribution in [0.15, 0.2) is 36.4 Å². The first-order valence-electron chi connectivity index (χ1n) is 11.1. The zero-order chi connectivity index (χ0) is 23.2. The smallest absolute Gasteiger partial charge is 0.250 e. The molecule has 0 radical (unpaired) electrons. The highest BCUT2D eigenvalue weighted by Gasteiger charge is 2.74. The van der Waals surface area contributed by atoms with E-state index in [0.717, 1.165) is 24.0 Å². The Hall–Kier alpha value is -3.03. The maximum atomic E-state index is 13.9. The molecule has 4 heterocycles. The van der Waals surface area contributed by atoms with E-state index < -0.39 is 17.4 Å². The SMILES string of the molecule is CC(=O)c1ccc(N2C(=O)C3C4CCCN4C4(C(=O)Nc5c4ccc(Cl)c5C)C3C2=O)cc1. The molecule has 2 aromatic rings. The van der Waals surface area contributed by atoms with Gasteiger partial charge in [-0.1, -0.05) is 17.7 Å². The fraction of sp³-hybridized carbons (Fsp3) is 0.360. The number of carbonyl (C=O) groups is 4. The Labute approximate surface area is 195 Å². The van der Waals surface area contributed by atoms with Crippen LogP contribution in [0.5, 0.6) is 0 Å². The standard InChI is InChI=1S/C25H22ClN3O4/c1-12-17(26)10-9-16-21(12)27-24(33)25(16)20-19(18-4-3-11-28(18)25)22(31)29(23(20)32)15-7-5-14(6-8-15)13(2)30/h5-10,18-20H,3-4,11H2,1-2H3,(H,27,33). The van der Waals surface area contributed by atoms with E-state index in [1.54, 1.807) is 30.3 Å². The van der Waals surface area contributed by atoms with Crippen LogP contribution >= 0.6 is 11.6 Å². The lowest BCUT2D eigenvalue weighted by molar-refractivity contribution is -0.135. The number of hydrogen-bond acceptors (Lipinski definition) is 5. The molecule has 0 bridgehead atoms. The van der Waals surface area contributed by atoms with Crippen molar-refractivity contribution in [1.82, 2.24) is 4.90 Å². The van der Waals surface area contributed by atoms with E-state index in [2.05, 4.69) is 10.2 Å². The number of ketones is 1. The molecule has 7 nitrogen and oxygen atoms in total. The van der Waals surface area contributed by atoms with E-state index in [1.165, 1.54) is 11.8 Å². The van der Waals surface area contributed by atoms with Gasteiger partial charge >= 0.3 is 0 Å². The molecule has 4 unspecified atom stereocenters. The maximum absolute atomic E-state index is 13.9. The van der Waals surface area contributed by atoms with Crippen LogP contribution in [0, 0.1) is 18.8 Å². The van der Waals surface area contributed by atoms with E-state index in [9.17, 15) is 19.2 Å². The van der Waals surface area contributed by atoms with Crippen molar-refractivity contribution in [2.24, 2.45) is 11.8 Å². The largest absolute Gasteiger partial charge is 0.324 e. The average molecular weight is 464 g/mol. The summed E-state index contributed by atoms with van der Waals surface area (Å²) in [7, 11) is 0. The summed E-state index contributed by atoms with van der Waals surface area (Å²) in [5, 5.41) is 3.53. The Morgan fingerprint density at radius 3 is 2.52 bits per heavy atom. The highest BCUT2D eigenvalue weighted by Crippen LogP contribution is 2.61. The number of anilines is 2. The molecule has 4 atom stereocenters. The van der Waals surface area contributed by atoms with Crippen LogP contribution in [0.1, 0.15) is 41.3 Å². The number of carbonyl (C=O) groups excluding carboxylic acids is 4. The monoisotopic (exact) mass is 463 g/mol. The normalized spacial score (nSPS) is 30.1. The summed E-state index contributed by atoms with van der Waals surface area (Å²) in [4.78, 5) is 56.3. The van der Waals surface area contributed by atoms with Crippen molar-refractivity contribution in [3.8, 4) is 0 Å². The number of benzene rings is 2. The minimum Gasteiger partial charge on any atom is -0.324 e. The Morgan fingerprint density at radius 2 is 1.82 bits per heavy atom. The Bertz CT molecular complexity index is 1270. The summed E-state index contributed by atoms with van der Waals surface area (Å²) in [6.45, 7) is 3.97. The molecule has 8 heteroatoms. The first kappa shape index (κ1) is 20.6. The second kappa shape index (κ2) is 6.74. The Balaban J connectivity index is 1.52. The second-order valence-electron chi connectivity index (χ2n) is 9.34. The van der Waals surface area contributed by atoms with Crippen molar-refractivity contribution in [2.45, 2.75) is 38.3 Å². The lowest BCUT2D eigenvalue weighted by atomic mass is 9.75. The number of imide groups is 1. The molecule has 2 aromatic carbocycles. The number of fused-ring (bicyclic) bond motifs is 7. The molecule has 6 rings (SSSR count). The van der Waals surface area contributed by atoms with Gasteiger partial charge in [0.1, 0.15) is 5.54 Å². The molecule has 0 aromatic heterocycles. The van der Waals surface area contributed by atoms with Crippen LogP contribution in [0.2, 0.25) is 5.02 Å². The van der Waals surface area contributed by atoms with Gasteiger partial charge < -0.3 is 5.32 Å². The minimum absolute atomic E-state index is 0.0914. The second-order valence-corrected chi connectivity index (χ2v) is 9.74. The summed E-state index contributed by atoms with van der Waals surface area (Å²) in [6, 6.07) is 9.89. The Morgan fingerprint density at radius 1 is 1.09 bits per heavy atom. The zero-order valence-corrected chi connectivity index (χ0v) is 19.0. The molecule has 33 heavy (non-hydrogen) atoms. The zero-order valence-electron chi connectivity index (χ0n) is 18.2. The van der Waals surface area contributed by atoms with Gasteiger partial charge in [-0.2, -0.15) is 0 Å². The van der Waals surface area contributed by atoms with Crippen LogP contribution in [-0.2, 0) is 19.9 Å². The van der Waals surface area contributed by atoms with Crippen molar-refractivity contribution in [1.29, 1.82) is 0 Å². The van der Waals surface area contributed by atoms with Crippen LogP contribution in [-0.4, -0.2) is 41.0 Å². The van der Waals surface area contributed by atoms with Gasteiger partial charge in [-0.25, -0.2) is 4.90 Å². The van der Waals surface area contributed by atoms with E-state index in [1.807, 2.05) is 13.0 Å². The molecule has 168 valence electrons. The predicted molar refractivity (Wildman–Crippen MR) is 122 cm³/mol. The molecule has 0 aliphatic carbocycles. The summed E-state index contributed by atoms with van der Waals surface area (Å²) >= 11 is 6.33. The molecular formula is C25H22ClN3O4. The number of amides is 3. The van der Waals surface area contributed by atoms with Crippen LogP contribution < -0.4 is 10.2 Å². The van der Waals surface area contributed by atoms with Gasteiger partial charge in [0.15, 0.2) is 5.78 Å². The van der Waals surface area contributed by atoms with Crippen LogP contribution in [0.4, 0.5) is 11.4 Å². The van der Waals surface area contributed by atoms with Crippen molar-refractivity contribution in [2.75, 3.05) is 16.8 Å². The molecule has 0 saturated carbocycles. The van der Waals surface area contributed by atoms with Gasteiger partial charge in [0.25, 0.3) is 0 Å². The minimum atomic E-state index is -1.22. The summed E-state index contributed by atoms with van der Waals surface area (Å²) < 4.78 is 0. The van der Waals surface area contributed by atoms with E-state index in [-0.39, 0.29) is 29.5 Å². The van der Waals surface area contributed by atoms with Gasteiger partial charge in [0, 0.05) is 22.2 Å². The van der Waals surface area contributed by atoms with Crippen LogP contribution in [0.3, 0.4) is 0 Å².